The van der Waals surface area contributed by atoms with E-state index in [9.17, 15) is 18.0 Å². The zero-order chi connectivity index (χ0) is 27.6. The van der Waals surface area contributed by atoms with Crippen molar-refractivity contribution >= 4 is 23.2 Å². The summed E-state index contributed by atoms with van der Waals surface area (Å²) in [7, 11) is 1.56. The van der Waals surface area contributed by atoms with Crippen molar-refractivity contribution in [3.63, 3.8) is 0 Å². The van der Waals surface area contributed by atoms with Crippen LogP contribution in [0.3, 0.4) is 0 Å². The molecule has 0 unspecified atom stereocenters. The molecule has 5 nitrogen and oxygen atoms in total. The van der Waals surface area contributed by atoms with Crippen molar-refractivity contribution < 1.29 is 24.1 Å². The van der Waals surface area contributed by atoms with Gasteiger partial charge in [-0.2, -0.15) is 18.3 Å². The molecule has 1 amide bonds. The number of ether oxygens (including phenoxy) is 1. The first-order valence-electron chi connectivity index (χ1n) is 11.8. The molecule has 0 radical (unpaired) electrons. The van der Waals surface area contributed by atoms with Gasteiger partial charge in [0.15, 0.2) is 5.69 Å². The van der Waals surface area contributed by atoms with Crippen LogP contribution in [0.25, 0.3) is 28.1 Å². The first-order valence-corrected chi connectivity index (χ1v) is 12.2. The van der Waals surface area contributed by atoms with Crippen LogP contribution in [0.4, 0.5) is 18.9 Å². The monoisotopic (exact) mass is 549 g/mol. The second-order valence-electron chi connectivity index (χ2n) is 8.59. The number of nitrogens with one attached hydrogen (secondary N) is 1. The Hall–Kier alpha value is -4.56. The van der Waals surface area contributed by atoms with Crippen LogP contribution in [0.1, 0.15) is 17.5 Å². The van der Waals surface area contributed by atoms with E-state index in [4.69, 9.17) is 16.3 Å². The molecule has 5 aromatic rings. The van der Waals surface area contributed by atoms with E-state index < -0.39 is 11.9 Å². The minimum absolute atomic E-state index is 0. The molecule has 1 aromatic heterocycles. The largest absolute Gasteiger partial charge is 0.496 e. The molecule has 1 heterocycles. The van der Waals surface area contributed by atoms with Gasteiger partial charge >= 0.3 is 6.18 Å². The second kappa shape index (κ2) is 10.7. The van der Waals surface area contributed by atoms with Crippen molar-refractivity contribution in [2.75, 3.05) is 12.4 Å². The van der Waals surface area contributed by atoms with Crippen LogP contribution in [-0.4, -0.2) is 22.8 Å². The number of carbonyl (C=O) groups excluding carboxylic acids is 1. The molecular formula is C30H23ClF3N3O2. The van der Waals surface area contributed by atoms with Crippen molar-refractivity contribution in [2.45, 2.75) is 6.18 Å². The first kappa shape index (κ1) is 26.1. The molecule has 9 heteroatoms. The number of hydrogen-bond acceptors (Lipinski definition) is 3. The van der Waals surface area contributed by atoms with Crippen molar-refractivity contribution in [3.8, 4) is 33.8 Å². The topological polar surface area (TPSA) is 56.1 Å². The van der Waals surface area contributed by atoms with E-state index >= 15 is 0 Å². The van der Waals surface area contributed by atoms with E-state index in [0.29, 0.717) is 28.3 Å². The van der Waals surface area contributed by atoms with Crippen LogP contribution in [0, 0.1) is 0 Å². The van der Waals surface area contributed by atoms with Crippen molar-refractivity contribution in [3.05, 3.63) is 119 Å². The van der Waals surface area contributed by atoms with Crippen LogP contribution in [0.15, 0.2) is 103 Å². The quantitative estimate of drug-likeness (QED) is 0.231. The molecular weight excluding hydrogens is 527 g/mol. The van der Waals surface area contributed by atoms with Crippen molar-refractivity contribution in [1.82, 2.24) is 9.78 Å². The maximum absolute atomic E-state index is 13.5. The molecule has 39 heavy (non-hydrogen) atoms. The Kier molecular flexibility index (Phi) is 7.13. The fourth-order valence-corrected chi connectivity index (χ4v) is 4.37. The molecule has 0 spiro atoms. The summed E-state index contributed by atoms with van der Waals surface area (Å²) in [5, 5.41) is 6.85. The maximum Gasteiger partial charge on any atom is 0.435 e. The third kappa shape index (κ3) is 5.51. The Morgan fingerprint density at radius 1 is 0.897 bits per heavy atom. The maximum atomic E-state index is 13.5. The Morgan fingerprint density at radius 3 is 2.26 bits per heavy atom. The number of carbonyl (C=O) groups is 1. The third-order valence-electron chi connectivity index (χ3n) is 6.07. The molecule has 1 N–H and O–H groups in total. The Balaban J connectivity index is 0.00000370. The number of amides is 1. The van der Waals surface area contributed by atoms with Gasteiger partial charge in [0.05, 0.1) is 23.5 Å². The fraction of sp³-hybridized carbons (Fsp3) is 0.0667. The van der Waals surface area contributed by atoms with Gasteiger partial charge in [-0.3, -0.25) is 4.79 Å². The smallest absolute Gasteiger partial charge is 0.435 e. The number of methoxy groups -OCH3 is 1. The molecule has 4 aromatic carbocycles. The van der Waals surface area contributed by atoms with E-state index in [0.717, 1.165) is 21.9 Å². The van der Waals surface area contributed by atoms with E-state index in [1.807, 2.05) is 36.4 Å². The Morgan fingerprint density at radius 2 is 1.59 bits per heavy atom. The number of halogens is 4. The summed E-state index contributed by atoms with van der Waals surface area (Å²) in [6.07, 6.45) is -4.64. The lowest BCUT2D eigenvalue weighted by molar-refractivity contribution is -0.141. The van der Waals surface area contributed by atoms with Gasteiger partial charge in [0.25, 0.3) is 5.91 Å². The zero-order valence-electron chi connectivity index (χ0n) is 20.5. The van der Waals surface area contributed by atoms with Gasteiger partial charge in [-0.1, -0.05) is 66.2 Å². The van der Waals surface area contributed by atoms with Crippen molar-refractivity contribution in [2.24, 2.45) is 0 Å². The minimum Gasteiger partial charge on any atom is -0.496 e. The molecule has 5 rings (SSSR count). The molecule has 0 atom stereocenters. The van der Waals surface area contributed by atoms with Gasteiger partial charge in [-0.15, -0.1) is 0 Å². The molecule has 0 bridgehead atoms. The number of anilines is 1. The van der Waals surface area contributed by atoms with E-state index in [1.165, 1.54) is 12.1 Å². The number of benzene rings is 4. The lowest BCUT2D eigenvalue weighted by Gasteiger charge is -2.12. The van der Waals surface area contributed by atoms with Crippen molar-refractivity contribution in [1.29, 1.82) is 0 Å². The Labute approximate surface area is 228 Å². The number of hydrogen-bond donors (Lipinski definition) is 1. The first-order chi connectivity index (χ1) is 18.7. The van der Waals surface area contributed by atoms with Crippen LogP contribution in [0.5, 0.6) is 5.75 Å². The number of rotatable bonds is 6. The third-order valence-corrected chi connectivity index (χ3v) is 6.39. The predicted molar refractivity (Wildman–Crippen MR) is 148 cm³/mol. The van der Waals surface area contributed by atoms with Gasteiger partial charge in [-0.05, 0) is 48.0 Å². The molecule has 0 aliphatic heterocycles. The molecule has 0 aliphatic carbocycles. The molecule has 0 fully saturated rings. The predicted octanol–water partition coefficient (Wildman–Crippen LogP) is 8.39. The van der Waals surface area contributed by atoms with Crippen LogP contribution < -0.4 is 10.1 Å². The summed E-state index contributed by atoms with van der Waals surface area (Å²) in [5.41, 5.74) is 2.59. The highest BCUT2D eigenvalue weighted by Crippen LogP contribution is 2.35. The lowest BCUT2D eigenvalue weighted by Crippen LogP contribution is -2.12. The molecule has 0 saturated heterocycles. The summed E-state index contributed by atoms with van der Waals surface area (Å²) in [6, 6.07) is 28.8. The average Bonchev–Trinajstić information content (AvgIpc) is 3.40. The van der Waals surface area contributed by atoms with E-state index in [2.05, 4.69) is 10.4 Å². The summed E-state index contributed by atoms with van der Waals surface area (Å²) >= 11 is 6.25. The van der Waals surface area contributed by atoms with Crippen LogP contribution in [-0.2, 0) is 6.18 Å². The van der Waals surface area contributed by atoms with Crippen LogP contribution in [0.2, 0.25) is 5.02 Å². The number of alkyl halides is 3. The van der Waals surface area contributed by atoms with Crippen LogP contribution >= 0.6 is 11.6 Å². The summed E-state index contributed by atoms with van der Waals surface area (Å²) in [4.78, 5) is 12.9. The van der Waals surface area contributed by atoms with Gasteiger partial charge in [-0.25, -0.2) is 4.68 Å². The standard InChI is InChI=1S/C30H21ClF3N3O2.H2/c1-39-27-17-22(15-16-23(27)19-7-3-2-4-8-19)35-29(38)21-13-11-20(12-14-21)26-18-28(30(32,33)34)36-37(26)25-10-6-5-9-24(25)31;/h2-18H,1H3,(H,35,38);1H. The summed E-state index contributed by atoms with van der Waals surface area (Å²) < 4.78 is 47.2. The lowest BCUT2D eigenvalue weighted by atomic mass is 10.0. The summed E-state index contributed by atoms with van der Waals surface area (Å²) in [5.74, 6) is 0.217. The normalized spacial score (nSPS) is 11.3. The van der Waals surface area contributed by atoms with E-state index in [-0.39, 0.29) is 18.1 Å². The highest BCUT2D eigenvalue weighted by molar-refractivity contribution is 6.32. The number of nitrogens with zero attached hydrogens (tertiary/aromatic N) is 2. The number of para-hydroxylation sites is 1. The molecule has 198 valence electrons. The Bertz CT molecular complexity index is 1640. The zero-order valence-corrected chi connectivity index (χ0v) is 21.3. The highest BCUT2D eigenvalue weighted by Gasteiger charge is 2.35. The second-order valence-corrected chi connectivity index (χ2v) is 9.00. The van der Waals surface area contributed by atoms with Gasteiger partial charge in [0, 0.05) is 29.9 Å². The van der Waals surface area contributed by atoms with E-state index in [1.54, 1.807) is 55.6 Å². The summed E-state index contributed by atoms with van der Waals surface area (Å²) in [6.45, 7) is 0. The van der Waals surface area contributed by atoms with Gasteiger partial charge < -0.3 is 10.1 Å². The fourth-order valence-electron chi connectivity index (χ4n) is 4.15. The van der Waals surface area contributed by atoms with Gasteiger partial charge in [0.2, 0.25) is 0 Å². The number of aromatic nitrogens is 2. The molecule has 0 saturated carbocycles. The highest BCUT2D eigenvalue weighted by atomic mass is 35.5. The SMILES string of the molecule is COc1cc(NC(=O)c2ccc(-c3cc(C(F)(F)F)nn3-c3ccccc3Cl)cc2)ccc1-c1ccccc1.[HH]. The van der Waals surface area contributed by atoms with Gasteiger partial charge in [0.1, 0.15) is 5.75 Å². The average molecular weight is 550 g/mol. The minimum atomic E-state index is -4.64. The molecule has 0 aliphatic rings.